The van der Waals surface area contributed by atoms with Gasteiger partial charge in [-0.15, -0.1) is 10.2 Å². The van der Waals surface area contributed by atoms with E-state index in [9.17, 15) is 9.18 Å². The van der Waals surface area contributed by atoms with Crippen molar-refractivity contribution in [3.05, 3.63) is 88.7 Å². The van der Waals surface area contributed by atoms with E-state index in [1.807, 2.05) is 28.8 Å². The number of nitrogens with zero attached hydrogens (tertiary/aromatic N) is 3. The zero-order valence-electron chi connectivity index (χ0n) is 15.9. The van der Waals surface area contributed by atoms with Gasteiger partial charge in [0.25, 0.3) is 0 Å². The highest BCUT2D eigenvalue weighted by molar-refractivity contribution is 7.99. The van der Waals surface area contributed by atoms with Gasteiger partial charge >= 0.3 is 0 Å². The number of halogens is 3. The number of nitrogens with one attached hydrogen (secondary N) is 1. The molecular formula is C22H15Cl2FN4OS. The minimum absolute atomic E-state index is 0.0959. The molecule has 0 bridgehead atoms. The summed E-state index contributed by atoms with van der Waals surface area (Å²) in [6, 6.07) is 20.1. The van der Waals surface area contributed by atoms with E-state index in [4.69, 9.17) is 23.2 Å². The quantitative estimate of drug-likeness (QED) is 0.343. The fourth-order valence-corrected chi connectivity index (χ4v) is 3.93. The van der Waals surface area contributed by atoms with Crippen molar-refractivity contribution >= 4 is 46.6 Å². The van der Waals surface area contributed by atoms with Crippen LogP contribution in [0.3, 0.4) is 0 Å². The van der Waals surface area contributed by atoms with Crippen LogP contribution in [0.2, 0.25) is 10.0 Å². The Morgan fingerprint density at radius 1 is 0.968 bits per heavy atom. The number of carbonyl (C=O) groups is 1. The van der Waals surface area contributed by atoms with Crippen LogP contribution in [0.15, 0.2) is 78.0 Å². The maximum Gasteiger partial charge on any atom is 0.234 e. The van der Waals surface area contributed by atoms with Crippen LogP contribution in [0.5, 0.6) is 0 Å². The maximum absolute atomic E-state index is 13.0. The van der Waals surface area contributed by atoms with Crippen LogP contribution in [-0.2, 0) is 4.79 Å². The third-order valence-electron chi connectivity index (χ3n) is 4.26. The van der Waals surface area contributed by atoms with Crippen LogP contribution in [0.4, 0.5) is 10.1 Å². The summed E-state index contributed by atoms with van der Waals surface area (Å²) in [5, 5.41) is 13.1. The molecule has 0 atom stereocenters. The van der Waals surface area contributed by atoms with E-state index in [1.165, 1.54) is 36.0 Å². The Bertz CT molecular complexity index is 1210. The van der Waals surface area contributed by atoms with Gasteiger partial charge in [-0.2, -0.15) is 0 Å². The largest absolute Gasteiger partial charge is 0.325 e. The average molecular weight is 473 g/mol. The molecule has 0 spiro atoms. The Morgan fingerprint density at radius 3 is 2.42 bits per heavy atom. The number of hydrogen-bond donors (Lipinski definition) is 1. The molecule has 4 aromatic rings. The van der Waals surface area contributed by atoms with Gasteiger partial charge < -0.3 is 5.32 Å². The topological polar surface area (TPSA) is 59.8 Å². The van der Waals surface area contributed by atoms with Gasteiger partial charge in [-0.05, 0) is 60.7 Å². The Balaban J connectivity index is 1.60. The molecule has 1 heterocycles. The number of amides is 1. The van der Waals surface area contributed by atoms with Gasteiger partial charge in [0.15, 0.2) is 11.0 Å². The standard InChI is InChI=1S/C22H15Cl2FN4OS/c23-15-4-10-19(11-5-15)29-21(14-2-1-3-16(24)12-14)27-28-22(29)31-13-20(30)26-18-8-6-17(25)7-9-18/h1-12H,13H2,(H,26,30). The van der Waals surface area contributed by atoms with Gasteiger partial charge in [-0.3, -0.25) is 9.36 Å². The van der Waals surface area contributed by atoms with Gasteiger partial charge in [0.2, 0.25) is 5.91 Å². The predicted octanol–water partition coefficient (Wildman–Crippen LogP) is 6.11. The van der Waals surface area contributed by atoms with Crippen molar-refractivity contribution in [2.24, 2.45) is 0 Å². The van der Waals surface area contributed by atoms with E-state index >= 15 is 0 Å². The van der Waals surface area contributed by atoms with Crippen molar-refractivity contribution in [3.63, 3.8) is 0 Å². The molecule has 31 heavy (non-hydrogen) atoms. The normalized spacial score (nSPS) is 10.8. The van der Waals surface area contributed by atoms with Crippen LogP contribution >= 0.6 is 35.0 Å². The summed E-state index contributed by atoms with van der Waals surface area (Å²) in [7, 11) is 0. The molecule has 0 saturated heterocycles. The van der Waals surface area contributed by atoms with Crippen molar-refractivity contribution in [3.8, 4) is 17.1 Å². The fourth-order valence-electron chi connectivity index (χ4n) is 2.86. The lowest BCUT2D eigenvalue weighted by Crippen LogP contribution is -2.14. The van der Waals surface area contributed by atoms with Gasteiger partial charge in [0.1, 0.15) is 5.82 Å². The highest BCUT2D eigenvalue weighted by Gasteiger charge is 2.17. The van der Waals surface area contributed by atoms with Gasteiger partial charge in [-0.1, -0.05) is 47.1 Å². The van der Waals surface area contributed by atoms with E-state index in [1.54, 1.807) is 24.3 Å². The third kappa shape index (κ3) is 5.25. The lowest BCUT2D eigenvalue weighted by molar-refractivity contribution is -0.113. The molecule has 0 fully saturated rings. The summed E-state index contributed by atoms with van der Waals surface area (Å²) >= 11 is 13.4. The number of carbonyl (C=O) groups excluding carboxylic acids is 1. The number of thioether (sulfide) groups is 1. The number of hydrogen-bond acceptors (Lipinski definition) is 4. The molecule has 9 heteroatoms. The number of benzene rings is 3. The van der Waals surface area contributed by atoms with Crippen molar-refractivity contribution in [2.75, 3.05) is 11.1 Å². The Morgan fingerprint density at radius 2 is 1.71 bits per heavy atom. The summed E-state index contributed by atoms with van der Waals surface area (Å²) in [4.78, 5) is 12.4. The summed E-state index contributed by atoms with van der Waals surface area (Å²) < 4.78 is 14.9. The first-order valence-electron chi connectivity index (χ1n) is 9.15. The molecule has 156 valence electrons. The second-order valence-electron chi connectivity index (χ2n) is 6.47. The smallest absolute Gasteiger partial charge is 0.234 e. The van der Waals surface area contributed by atoms with Crippen molar-refractivity contribution < 1.29 is 9.18 Å². The average Bonchev–Trinajstić information content (AvgIpc) is 3.18. The van der Waals surface area contributed by atoms with Crippen LogP contribution in [0, 0.1) is 5.82 Å². The Labute approximate surface area is 192 Å². The molecule has 1 N–H and O–H groups in total. The molecule has 4 rings (SSSR count). The molecule has 3 aromatic carbocycles. The third-order valence-corrected chi connectivity index (χ3v) is 5.68. The monoisotopic (exact) mass is 472 g/mol. The Kier molecular flexibility index (Phi) is 6.56. The minimum atomic E-state index is -0.364. The number of anilines is 1. The lowest BCUT2D eigenvalue weighted by Gasteiger charge is -2.11. The van der Waals surface area contributed by atoms with Gasteiger partial charge in [0.05, 0.1) is 5.75 Å². The zero-order valence-corrected chi connectivity index (χ0v) is 18.3. The highest BCUT2D eigenvalue weighted by Crippen LogP contribution is 2.30. The van der Waals surface area contributed by atoms with Gasteiger partial charge in [-0.25, -0.2) is 4.39 Å². The molecule has 0 aliphatic rings. The van der Waals surface area contributed by atoms with E-state index in [2.05, 4.69) is 15.5 Å². The molecule has 0 unspecified atom stereocenters. The fraction of sp³-hybridized carbons (Fsp3) is 0.0455. The van der Waals surface area contributed by atoms with Gasteiger partial charge in [0, 0.05) is 27.0 Å². The predicted molar refractivity (Wildman–Crippen MR) is 123 cm³/mol. The second kappa shape index (κ2) is 9.51. The summed E-state index contributed by atoms with van der Waals surface area (Å²) in [5.74, 6) is 0.0772. The first-order chi connectivity index (χ1) is 15.0. The number of rotatable bonds is 6. The van der Waals surface area contributed by atoms with Crippen molar-refractivity contribution in [1.29, 1.82) is 0 Å². The molecule has 0 aliphatic carbocycles. The zero-order chi connectivity index (χ0) is 21.8. The van der Waals surface area contributed by atoms with Crippen LogP contribution < -0.4 is 5.32 Å². The second-order valence-corrected chi connectivity index (χ2v) is 8.29. The summed E-state index contributed by atoms with van der Waals surface area (Å²) in [6.07, 6.45) is 0. The maximum atomic E-state index is 13.0. The first-order valence-corrected chi connectivity index (χ1v) is 10.9. The van der Waals surface area contributed by atoms with Crippen LogP contribution in [0.25, 0.3) is 17.1 Å². The molecular weight excluding hydrogens is 458 g/mol. The lowest BCUT2D eigenvalue weighted by atomic mass is 10.2. The van der Waals surface area contributed by atoms with E-state index in [0.717, 1.165) is 11.3 Å². The molecule has 0 radical (unpaired) electrons. The number of aromatic nitrogens is 3. The first kappa shape index (κ1) is 21.4. The molecule has 1 amide bonds. The van der Waals surface area contributed by atoms with E-state index in [0.29, 0.717) is 26.7 Å². The van der Waals surface area contributed by atoms with Crippen LogP contribution in [0.1, 0.15) is 0 Å². The highest BCUT2D eigenvalue weighted by atomic mass is 35.5. The van der Waals surface area contributed by atoms with E-state index in [-0.39, 0.29) is 17.5 Å². The molecule has 0 saturated carbocycles. The summed E-state index contributed by atoms with van der Waals surface area (Å²) in [6.45, 7) is 0. The van der Waals surface area contributed by atoms with E-state index < -0.39 is 0 Å². The SMILES string of the molecule is O=C(CSc1nnc(-c2cccc(Cl)c2)n1-c1ccc(Cl)cc1)Nc1ccc(F)cc1. The van der Waals surface area contributed by atoms with Crippen molar-refractivity contribution in [2.45, 2.75) is 5.16 Å². The van der Waals surface area contributed by atoms with Crippen molar-refractivity contribution in [1.82, 2.24) is 14.8 Å². The molecule has 1 aromatic heterocycles. The molecule has 5 nitrogen and oxygen atoms in total. The minimum Gasteiger partial charge on any atom is -0.325 e. The molecule has 0 aliphatic heterocycles. The summed E-state index contributed by atoms with van der Waals surface area (Å²) in [5.41, 5.74) is 2.11. The Hall–Kier alpha value is -2.87. The van der Waals surface area contributed by atoms with Crippen LogP contribution in [-0.4, -0.2) is 26.4 Å².